The van der Waals surface area contributed by atoms with Crippen molar-refractivity contribution in [1.82, 2.24) is 0 Å². The van der Waals surface area contributed by atoms with Gasteiger partial charge in [-0.25, -0.2) is 8.42 Å². The van der Waals surface area contributed by atoms with E-state index in [1.54, 1.807) is 42.5 Å². The first-order valence-electron chi connectivity index (χ1n) is 6.34. The lowest BCUT2D eigenvalue weighted by Gasteiger charge is -2.07. The molecule has 116 valence electrons. The Hall–Kier alpha value is -1.37. The van der Waals surface area contributed by atoms with E-state index >= 15 is 0 Å². The van der Waals surface area contributed by atoms with Crippen molar-refractivity contribution in [2.45, 2.75) is 5.75 Å². The second-order valence-corrected chi connectivity index (χ2v) is 8.13. The lowest BCUT2D eigenvalue weighted by atomic mass is 10.2. The van der Waals surface area contributed by atoms with Crippen LogP contribution in [-0.4, -0.2) is 20.1 Å². The van der Waals surface area contributed by atoms with Crippen LogP contribution >= 0.6 is 27.5 Å². The Labute approximate surface area is 142 Å². The maximum atomic E-state index is 12.1. The van der Waals surface area contributed by atoms with E-state index in [9.17, 15) is 13.2 Å². The fraction of sp³-hybridized carbons (Fsp3) is 0.133. The molecule has 0 atom stereocenters. The van der Waals surface area contributed by atoms with Crippen molar-refractivity contribution in [1.29, 1.82) is 0 Å². The fourth-order valence-corrected chi connectivity index (χ4v) is 3.70. The number of sulfone groups is 1. The normalized spacial score (nSPS) is 11.2. The Bertz CT molecular complexity index is 776. The molecule has 0 saturated carbocycles. The lowest BCUT2D eigenvalue weighted by molar-refractivity contribution is -0.113. The fourth-order valence-electron chi connectivity index (χ4n) is 1.86. The second kappa shape index (κ2) is 7.26. The summed E-state index contributed by atoms with van der Waals surface area (Å²) in [6.07, 6.45) is 0. The van der Waals surface area contributed by atoms with Crippen LogP contribution in [0.15, 0.2) is 53.0 Å². The highest BCUT2D eigenvalue weighted by atomic mass is 79.9. The highest BCUT2D eigenvalue weighted by Gasteiger charge is 2.17. The number of carbonyl (C=O) groups is 1. The molecule has 0 heterocycles. The molecule has 22 heavy (non-hydrogen) atoms. The van der Waals surface area contributed by atoms with E-state index in [2.05, 4.69) is 21.2 Å². The topological polar surface area (TPSA) is 63.2 Å². The number of hydrogen-bond donors (Lipinski definition) is 1. The van der Waals surface area contributed by atoms with Crippen molar-refractivity contribution in [3.63, 3.8) is 0 Å². The van der Waals surface area contributed by atoms with Gasteiger partial charge in [-0.1, -0.05) is 39.7 Å². The van der Waals surface area contributed by atoms with Crippen molar-refractivity contribution in [3.05, 3.63) is 63.6 Å². The first-order chi connectivity index (χ1) is 10.3. The third kappa shape index (κ3) is 5.44. The van der Waals surface area contributed by atoms with Crippen molar-refractivity contribution in [2.75, 3.05) is 11.1 Å². The molecule has 0 radical (unpaired) electrons. The van der Waals surface area contributed by atoms with Crippen LogP contribution in [0.5, 0.6) is 0 Å². The third-order valence-electron chi connectivity index (χ3n) is 2.75. The Balaban J connectivity index is 1.99. The van der Waals surface area contributed by atoms with Crippen LogP contribution in [-0.2, 0) is 20.4 Å². The zero-order valence-corrected chi connectivity index (χ0v) is 14.6. The van der Waals surface area contributed by atoms with Crippen molar-refractivity contribution >= 4 is 49.0 Å². The first-order valence-corrected chi connectivity index (χ1v) is 9.33. The maximum absolute atomic E-state index is 12.1. The van der Waals surface area contributed by atoms with Gasteiger partial charge in [0.1, 0.15) is 5.75 Å². The Morgan fingerprint density at radius 1 is 1.14 bits per heavy atom. The van der Waals surface area contributed by atoms with E-state index in [0.717, 1.165) is 4.47 Å². The van der Waals surface area contributed by atoms with Gasteiger partial charge in [-0.3, -0.25) is 4.79 Å². The van der Waals surface area contributed by atoms with Gasteiger partial charge in [-0.05, 0) is 42.0 Å². The summed E-state index contributed by atoms with van der Waals surface area (Å²) in [5, 5.41) is 3.08. The van der Waals surface area contributed by atoms with Crippen LogP contribution in [0.2, 0.25) is 5.02 Å². The summed E-state index contributed by atoms with van der Waals surface area (Å²) < 4.78 is 24.9. The average Bonchev–Trinajstić information content (AvgIpc) is 2.40. The van der Waals surface area contributed by atoms with Gasteiger partial charge in [0, 0.05) is 15.2 Å². The molecule has 2 rings (SSSR count). The molecular weight excluding hydrogens is 390 g/mol. The van der Waals surface area contributed by atoms with Crippen LogP contribution in [0, 0.1) is 0 Å². The zero-order valence-electron chi connectivity index (χ0n) is 11.4. The standard InChI is InChI=1S/C15H13BrClNO3S/c16-12-3-1-2-11(8-12)9-22(20,21)10-15(19)18-14-6-4-13(17)5-7-14/h1-8H,9-10H2,(H,18,19). The highest BCUT2D eigenvalue weighted by molar-refractivity contribution is 9.10. The third-order valence-corrected chi connectivity index (χ3v) is 4.97. The van der Waals surface area contributed by atoms with Crippen LogP contribution in [0.4, 0.5) is 5.69 Å². The average molecular weight is 403 g/mol. The number of halogens is 2. The molecule has 0 aliphatic carbocycles. The molecule has 0 fully saturated rings. The van der Waals surface area contributed by atoms with Gasteiger partial charge >= 0.3 is 0 Å². The predicted molar refractivity (Wildman–Crippen MR) is 91.7 cm³/mol. The molecule has 0 spiro atoms. The number of hydrogen-bond acceptors (Lipinski definition) is 3. The molecule has 0 aliphatic heterocycles. The van der Waals surface area contributed by atoms with Crippen LogP contribution < -0.4 is 5.32 Å². The molecule has 0 bridgehead atoms. The first kappa shape index (κ1) is 17.0. The molecule has 0 aromatic heterocycles. The smallest absolute Gasteiger partial charge is 0.239 e. The summed E-state index contributed by atoms with van der Waals surface area (Å²) in [5.74, 6) is -1.32. The number of rotatable bonds is 5. The molecule has 7 heteroatoms. The predicted octanol–water partition coefficient (Wildman–Crippen LogP) is 3.66. The van der Waals surface area contributed by atoms with Gasteiger partial charge in [-0.15, -0.1) is 0 Å². The SMILES string of the molecule is O=C(CS(=O)(=O)Cc1cccc(Br)c1)Nc1ccc(Cl)cc1. The largest absolute Gasteiger partial charge is 0.325 e. The summed E-state index contributed by atoms with van der Waals surface area (Å²) in [4.78, 5) is 11.8. The zero-order chi connectivity index (χ0) is 16.2. The molecule has 1 N–H and O–H groups in total. The minimum Gasteiger partial charge on any atom is -0.325 e. The number of amides is 1. The van der Waals surface area contributed by atoms with Gasteiger partial charge < -0.3 is 5.32 Å². The molecule has 2 aromatic rings. The number of benzene rings is 2. The van der Waals surface area contributed by atoms with Gasteiger partial charge in [0.2, 0.25) is 5.91 Å². The van der Waals surface area contributed by atoms with E-state index in [1.807, 2.05) is 6.07 Å². The van der Waals surface area contributed by atoms with Crippen LogP contribution in [0.25, 0.3) is 0 Å². The summed E-state index contributed by atoms with van der Waals surface area (Å²) in [6, 6.07) is 13.4. The molecule has 0 aliphatic rings. The summed E-state index contributed by atoms with van der Waals surface area (Å²) in [6.45, 7) is 0. The second-order valence-electron chi connectivity index (χ2n) is 4.72. The quantitative estimate of drug-likeness (QED) is 0.830. The molecule has 4 nitrogen and oxygen atoms in total. The van der Waals surface area contributed by atoms with Gasteiger partial charge in [0.15, 0.2) is 9.84 Å². The summed E-state index contributed by atoms with van der Waals surface area (Å²) in [5.41, 5.74) is 1.14. The number of nitrogens with one attached hydrogen (secondary N) is 1. The molecule has 1 amide bonds. The summed E-state index contributed by atoms with van der Waals surface area (Å²) >= 11 is 9.03. The molecule has 0 saturated heterocycles. The van der Waals surface area contributed by atoms with E-state index in [4.69, 9.17) is 11.6 Å². The minimum absolute atomic E-state index is 0.180. The maximum Gasteiger partial charge on any atom is 0.239 e. The summed E-state index contributed by atoms with van der Waals surface area (Å²) in [7, 11) is -3.54. The Morgan fingerprint density at radius 2 is 1.82 bits per heavy atom. The highest BCUT2D eigenvalue weighted by Crippen LogP contribution is 2.16. The van der Waals surface area contributed by atoms with E-state index in [1.165, 1.54) is 0 Å². The van der Waals surface area contributed by atoms with Crippen LogP contribution in [0.3, 0.4) is 0 Å². The monoisotopic (exact) mass is 401 g/mol. The Morgan fingerprint density at radius 3 is 2.45 bits per heavy atom. The molecule has 2 aromatic carbocycles. The Kier molecular flexibility index (Phi) is 5.61. The van der Waals surface area contributed by atoms with Crippen molar-refractivity contribution in [2.24, 2.45) is 0 Å². The van der Waals surface area contributed by atoms with Gasteiger partial charge in [0.05, 0.1) is 5.75 Å². The lowest BCUT2D eigenvalue weighted by Crippen LogP contribution is -2.23. The van der Waals surface area contributed by atoms with E-state index < -0.39 is 21.5 Å². The minimum atomic E-state index is -3.54. The van der Waals surface area contributed by atoms with Crippen LogP contribution in [0.1, 0.15) is 5.56 Å². The van der Waals surface area contributed by atoms with E-state index in [0.29, 0.717) is 16.3 Å². The van der Waals surface area contributed by atoms with Gasteiger partial charge in [-0.2, -0.15) is 0 Å². The van der Waals surface area contributed by atoms with Gasteiger partial charge in [0.25, 0.3) is 0 Å². The number of carbonyl (C=O) groups excluding carboxylic acids is 1. The number of anilines is 1. The van der Waals surface area contributed by atoms with Crippen molar-refractivity contribution < 1.29 is 13.2 Å². The molecular formula is C15H13BrClNO3S. The van der Waals surface area contributed by atoms with E-state index in [-0.39, 0.29) is 5.75 Å². The molecule has 0 unspecified atom stereocenters. The van der Waals surface area contributed by atoms with Crippen molar-refractivity contribution in [3.8, 4) is 0 Å².